The molecule has 1 aliphatic rings. The standard InChI is InChI=1S/C20H24N2O3S2/c1-15-12-16(2)20(17(3)13-15)27(24,25)22-9-7-21(8-10-22)19(23)5-4-18-6-11-26-14-18/h4-6,11-14H,7-10H2,1-3H3. The highest BCUT2D eigenvalue weighted by Gasteiger charge is 2.31. The molecule has 0 saturated carbocycles. The van der Waals surface area contributed by atoms with Gasteiger partial charge in [0.1, 0.15) is 0 Å². The minimum absolute atomic E-state index is 0.0825. The number of amides is 1. The lowest BCUT2D eigenvalue weighted by Gasteiger charge is -2.34. The molecule has 0 unspecified atom stereocenters. The van der Waals surface area contributed by atoms with Gasteiger partial charge in [0.2, 0.25) is 15.9 Å². The number of piperazine rings is 1. The Labute approximate surface area is 165 Å². The summed E-state index contributed by atoms with van der Waals surface area (Å²) in [5.41, 5.74) is 3.59. The maximum absolute atomic E-state index is 13.1. The van der Waals surface area contributed by atoms with Crippen LogP contribution in [0, 0.1) is 20.8 Å². The van der Waals surface area contributed by atoms with Gasteiger partial charge in [0, 0.05) is 32.3 Å². The van der Waals surface area contributed by atoms with Crippen molar-refractivity contribution in [3.05, 3.63) is 57.3 Å². The Bertz CT molecular complexity index is 932. The van der Waals surface area contributed by atoms with E-state index >= 15 is 0 Å². The first-order valence-corrected chi connectivity index (χ1v) is 11.2. The van der Waals surface area contributed by atoms with Crippen molar-refractivity contribution in [3.63, 3.8) is 0 Å². The first-order chi connectivity index (χ1) is 12.8. The van der Waals surface area contributed by atoms with Crippen LogP contribution >= 0.6 is 11.3 Å². The van der Waals surface area contributed by atoms with Crippen LogP contribution in [0.15, 0.2) is 39.9 Å². The summed E-state index contributed by atoms with van der Waals surface area (Å²) in [5.74, 6) is -0.0825. The fraction of sp³-hybridized carbons (Fsp3) is 0.350. The molecule has 0 spiro atoms. The second-order valence-corrected chi connectivity index (χ2v) is 9.50. The first-order valence-electron chi connectivity index (χ1n) is 8.86. The molecule has 1 saturated heterocycles. The first kappa shape index (κ1) is 19.8. The van der Waals surface area contributed by atoms with Crippen LogP contribution in [-0.4, -0.2) is 49.7 Å². The summed E-state index contributed by atoms with van der Waals surface area (Å²) in [7, 11) is -3.56. The molecule has 0 bridgehead atoms. The summed E-state index contributed by atoms with van der Waals surface area (Å²) < 4.78 is 27.7. The van der Waals surface area contributed by atoms with Gasteiger partial charge in [0.05, 0.1) is 4.90 Å². The van der Waals surface area contributed by atoms with E-state index in [9.17, 15) is 13.2 Å². The van der Waals surface area contributed by atoms with Crippen molar-refractivity contribution < 1.29 is 13.2 Å². The number of benzene rings is 1. The molecular weight excluding hydrogens is 380 g/mol. The summed E-state index contributed by atoms with van der Waals surface area (Å²) in [6, 6.07) is 5.75. The van der Waals surface area contributed by atoms with E-state index in [4.69, 9.17) is 0 Å². The van der Waals surface area contributed by atoms with Crippen molar-refractivity contribution in [3.8, 4) is 0 Å². The molecule has 5 nitrogen and oxygen atoms in total. The normalized spacial score (nSPS) is 16.2. The van der Waals surface area contributed by atoms with Crippen molar-refractivity contribution in [2.24, 2.45) is 0 Å². The molecule has 2 aromatic rings. The Morgan fingerprint density at radius 3 is 2.26 bits per heavy atom. The van der Waals surface area contributed by atoms with E-state index in [0.717, 1.165) is 22.3 Å². The van der Waals surface area contributed by atoms with Crippen LogP contribution in [0.1, 0.15) is 22.3 Å². The van der Waals surface area contributed by atoms with Gasteiger partial charge in [-0.15, -0.1) is 0 Å². The number of carbonyl (C=O) groups excluding carboxylic acids is 1. The zero-order chi connectivity index (χ0) is 19.6. The van der Waals surface area contributed by atoms with Gasteiger partial charge in [-0.1, -0.05) is 17.7 Å². The second-order valence-electron chi connectivity index (χ2n) is 6.85. The van der Waals surface area contributed by atoms with Crippen molar-refractivity contribution >= 4 is 33.3 Å². The molecule has 27 heavy (non-hydrogen) atoms. The fourth-order valence-corrected chi connectivity index (χ4v) is 5.96. The number of sulfonamides is 1. The van der Waals surface area contributed by atoms with Gasteiger partial charge in [-0.3, -0.25) is 4.79 Å². The molecule has 0 N–H and O–H groups in total. The highest BCUT2D eigenvalue weighted by molar-refractivity contribution is 7.89. The number of nitrogens with zero attached hydrogens (tertiary/aromatic N) is 2. The van der Waals surface area contributed by atoms with Crippen molar-refractivity contribution in [1.82, 2.24) is 9.21 Å². The van der Waals surface area contributed by atoms with Gasteiger partial charge in [0.25, 0.3) is 0 Å². The molecule has 0 aliphatic carbocycles. The summed E-state index contributed by atoms with van der Waals surface area (Å²) in [6.45, 7) is 7.06. The van der Waals surface area contributed by atoms with Crippen LogP contribution in [0.4, 0.5) is 0 Å². The molecular formula is C20H24N2O3S2. The lowest BCUT2D eigenvalue weighted by molar-refractivity contribution is -0.127. The quantitative estimate of drug-likeness (QED) is 0.735. The van der Waals surface area contributed by atoms with Crippen LogP contribution < -0.4 is 0 Å². The summed E-state index contributed by atoms with van der Waals surface area (Å²) in [5, 5.41) is 3.93. The van der Waals surface area contributed by atoms with Crippen LogP contribution in [0.3, 0.4) is 0 Å². The molecule has 0 atom stereocenters. The predicted octanol–water partition coefficient (Wildman–Crippen LogP) is 3.22. The van der Waals surface area contributed by atoms with Crippen LogP contribution in [0.25, 0.3) is 6.08 Å². The highest BCUT2D eigenvalue weighted by atomic mass is 32.2. The Balaban J connectivity index is 1.69. The number of carbonyl (C=O) groups is 1. The molecule has 0 radical (unpaired) electrons. The van der Waals surface area contributed by atoms with Gasteiger partial charge in [-0.2, -0.15) is 15.6 Å². The maximum Gasteiger partial charge on any atom is 0.246 e. The third-order valence-corrected chi connectivity index (χ3v) is 7.62. The smallest absolute Gasteiger partial charge is 0.246 e. The van der Waals surface area contributed by atoms with Crippen LogP contribution in [0.5, 0.6) is 0 Å². The molecule has 1 aromatic heterocycles. The summed E-state index contributed by atoms with van der Waals surface area (Å²) >= 11 is 1.58. The average Bonchev–Trinajstić information content (AvgIpc) is 3.12. The molecule has 1 fully saturated rings. The number of thiophene rings is 1. The van der Waals surface area contributed by atoms with Crippen LogP contribution in [-0.2, 0) is 14.8 Å². The van der Waals surface area contributed by atoms with E-state index < -0.39 is 10.0 Å². The Morgan fingerprint density at radius 2 is 1.70 bits per heavy atom. The highest BCUT2D eigenvalue weighted by Crippen LogP contribution is 2.26. The zero-order valence-electron chi connectivity index (χ0n) is 15.8. The Hall–Kier alpha value is -1.96. The molecule has 7 heteroatoms. The molecule has 3 rings (SSSR count). The maximum atomic E-state index is 13.1. The van der Waals surface area contributed by atoms with Gasteiger partial charge in [0.15, 0.2) is 0 Å². The lowest BCUT2D eigenvalue weighted by atomic mass is 10.1. The topological polar surface area (TPSA) is 57.7 Å². The van der Waals surface area contributed by atoms with E-state index in [-0.39, 0.29) is 5.91 Å². The van der Waals surface area contributed by atoms with E-state index in [0.29, 0.717) is 31.1 Å². The number of hydrogen-bond donors (Lipinski definition) is 0. The third-order valence-electron chi connectivity index (χ3n) is 4.71. The Kier molecular flexibility index (Phi) is 5.83. The van der Waals surface area contributed by atoms with Crippen molar-refractivity contribution in [2.45, 2.75) is 25.7 Å². The minimum Gasteiger partial charge on any atom is -0.337 e. The second kappa shape index (κ2) is 7.96. The molecule has 1 amide bonds. The third kappa shape index (κ3) is 4.31. The van der Waals surface area contributed by atoms with E-state index in [1.807, 2.05) is 49.7 Å². The number of aryl methyl sites for hydroxylation is 3. The van der Waals surface area contributed by atoms with E-state index in [2.05, 4.69) is 0 Å². The molecule has 144 valence electrons. The molecule has 1 aliphatic heterocycles. The predicted molar refractivity (Wildman–Crippen MR) is 109 cm³/mol. The summed E-state index contributed by atoms with van der Waals surface area (Å²) in [4.78, 5) is 14.4. The average molecular weight is 405 g/mol. The molecule has 2 heterocycles. The Morgan fingerprint density at radius 1 is 1.07 bits per heavy atom. The van der Waals surface area contributed by atoms with Gasteiger partial charge >= 0.3 is 0 Å². The largest absolute Gasteiger partial charge is 0.337 e. The van der Waals surface area contributed by atoms with Crippen LogP contribution in [0.2, 0.25) is 0 Å². The monoisotopic (exact) mass is 404 g/mol. The van der Waals surface area contributed by atoms with Gasteiger partial charge < -0.3 is 4.90 Å². The zero-order valence-corrected chi connectivity index (χ0v) is 17.4. The van der Waals surface area contributed by atoms with Gasteiger partial charge in [-0.05, 0) is 60.4 Å². The lowest BCUT2D eigenvalue weighted by Crippen LogP contribution is -2.50. The molecule has 1 aromatic carbocycles. The summed E-state index contributed by atoms with van der Waals surface area (Å²) in [6.07, 6.45) is 3.35. The SMILES string of the molecule is Cc1cc(C)c(S(=O)(=O)N2CCN(C(=O)C=Cc3ccsc3)CC2)c(C)c1. The van der Waals surface area contributed by atoms with Gasteiger partial charge in [-0.25, -0.2) is 8.42 Å². The number of rotatable bonds is 4. The van der Waals surface area contributed by atoms with E-state index in [1.165, 1.54) is 4.31 Å². The minimum atomic E-state index is -3.56. The van der Waals surface area contributed by atoms with E-state index in [1.54, 1.807) is 28.4 Å². The number of hydrogen-bond acceptors (Lipinski definition) is 4. The van der Waals surface area contributed by atoms with Crippen molar-refractivity contribution in [2.75, 3.05) is 26.2 Å². The fourth-order valence-electron chi connectivity index (χ4n) is 3.49. The van der Waals surface area contributed by atoms with Crippen molar-refractivity contribution in [1.29, 1.82) is 0 Å².